The molecule has 0 saturated heterocycles. The van der Waals surface area contributed by atoms with Crippen LogP contribution >= 0.6 is 0 Å². The van der Waals surface area contributed by atoms with Crippen LogP contribution in [0.15, 0.2) is 0 Å². The molecule has 58 valence electrons. The summed E-state index contributed by atoms with van der Waals surface area (Å²) in [6.07, 6.45) is 0. The van der Waals surface area contributed by atoms with E-state index in [1.165, 1.54) is 0 Å². The zero-order valence-corrected chi connectivity index (χ0v) is 6.79. The normalized spacial score (nSPS) is 8.67. The first kappa shape index (κ1) is 8.16. The Hall–Kier alpha value is -1.94. The number of hydrogen-bond acceptors (Lipinski definition) is 4. The summed E-state index contributed by atoms with van der Waals surface area (Å²) in [5.41, 5.74) is 1.57. The van der Waals surface area contributed by atoms with Crippen molar-refractivity contribution in [2.24, 2.45) is 0 Å². The van der Waals surface area contributed by atoms with Gasteiger partial charge in [0.1, 0.15) is 12.1 Å². The summed E-state index contributed by atoms with van der Waals surface area (Å²) < 4.78 is 0. The molecule has 0 radical (unpaired) electrons. The van der Waals surface area contributed by atoms with Crippen LogP contribution in [-0.4, -0.2) is 9.97 Å². The lowest BCUT2D eigenvalue weighted by molar-refractivity contribution is 1.01. The van der Waals surface area contributed by atoms with Gasteiger partial charge in [-0.05, 0) is 13.8 Å². The van der Waals surface area contributed by atoms with Crippen molar-refractivity contribution >= 4 is 0 Å². The van der Waals surface area contributed by atoms with E-state index >= 15 is 0 Å². The van der Waals surface area contributed by atoms with Crippen LogP contribution in [0.3, 0.4) is 0 Å². The molecule has 0 fully saturated rings. The smallest absolute Gasteiger partial charge is 0.177 e. The van der Waals surface area contributed by atoms with Gasteiger partial charge >= 0.3 is 0 Å². The summed E-state index contributed by atoms with van der Waals surface area (Å²) in [4.78, 5) is 7.83. The number of rotatable bonds is 0. The average Bonchev–Trinajstić information content (AvgIpc) is 2.09. The fourth-order valence-corrected chi connectivity index (χ4v) is 0.759. The summed E-state index contributed by atoms with van der Waals surface area (Å²) in [6.45, 7) is 3.51. The van der Waals surface area contributed by atoms with Gasteiger partial charge in [0.25, 0.3) is 0 Å². The summed E-state index contributed by atoms with van der Waals surface area (Å²) in [7, 11) is 0. The molecular weight excluding hydrogens is 152 g/mol. The van der Waals surface area contributed by atoms with Gasteiger partial charge in [0.2, 0.25) is 0 Å². The van der Waals surface area contributed by atoms with Crippen molar-refractivity contribution in [3.8, 4) is 12.1 Å². The van der Waals surface area contributed by atoms with Crippen LogP contribution in [0.4, 0.5) is 0 Å². The van der Waals surface area contributed by atoms with Gasteiger partial charge in [-0.25, -0.2) is 9.97 Å². The first-order valence-electron chi connectivity index (χ1n) is 3.34. The lowest BCUT2D eigenvalue weighted by Crippen LogP contribution is -1.99. The Bertz CT molecular complexity index is 356. The zero-order chi connectivity index (χ0) is 9.14. The second-order valence-electron chi connectivity index (χ2n) is 2.32. The van der Waals surface area contributed by atoms with Gasteiger partial charge in [-0.1, -0.05) is 0 Å². The van der Waals surface area contributed by atoms with E-state index in [-0.39, 0.29) is 11.4 Å². The average molecular weight is 158 g/mol. The molecule has 0 aliphatic carbocycles. The van der Waals surface area contributed by atoms with Crippen LogP contribution < -0.4 is 0 Å². The van der Waals surface area contributed by atoms with E-state index < -0.39 is 0 Å². The van der Waals surface area contributed by atoms with Crippen LogP contribution in [0.5, 0.6) is 0 Å². The molecule has 0 atom stereocenters. The van der Waals surface area contributed by atoms with E-state index in [1.54, 1.807) is 13.8 Å². The third kappa shape index (κ3) is 1.23. The molecule has 12 heavy (non-hydrogen) atoms. The second kappa shape index (κ2) is 2.98. The highest BCUT2D eigenvalue weighted by Gasteiger charge is 2.06. The van der Waals surface area contributed by atoms with Crippen LogP contribution in [0, 0.1) is 36.5 Å². The summed E-state index contributed by atoms with van der Waals surface area (Å²) >= 11 is 0. The minimum atomic E-state index is 0.0978. The molecule has 0 N–H and O–H groups in total. The fraction of sp³-hybridized carbons (Fsp3) is 0.250. The summed E-state index contributed by atoms with van der Waals surface area (Å²) in [5.74, 6) is 0. The van der Waals surface area contributed by atoms with Gasteiger partial charge in [-0.15, -0.1) is 0 Å². The highest BCUT2D eigenvalue weighted by atomic mass is 14.8. The van der Waals surface area contributed by atoms with E-state index in [9.17, 15) is 0 Å². The number of nitriles is 2. The van der Waals surface area contributed by atoms with E-state index in [2.05, 4.69) is 9.97 Å². The molecule has 0 unspecified atom stereocenters. The molecule has 1 rings (SSSR count). The second-order valence-corrected chi connectivity index (χ2v) is 2.32. The van der Waals surface area contributed by atoms with Gasteiger partial charge in [0.05, 0.1) is 11.4 Å². The molecule has 0 spiro atoms. The van der Waals surface area contributed by atoms with E-state index in [4.69, 9.17) is 10.5 Å². The summed E-state index contributed by atoms with van der Waals surface area (Å²) in [5, 5.41) is 17.1. The van der Waals surface area contributed by atoms with E-state index in [0.29, 0.717) is 11.4 Å². The molecule has 1 aromatic heterocycles. The van der Waals surface area contributed by atoms with Gasteiger partial charge in [0.15, 0.2) is 11.4 Å². The van der Waals surface area contributed by atoms with Crippen LogP contribution in [0.1, 0.15) is 22.8 Å². The monoisotopic (exact) mass is 158 g/mol. The quantitative estimate of drug-likeness (QED) is 0.560. The molecule has 0 aliphatic rings. The molecule has 4 nitrogen and oxygen atoms in total. The Morgan fingerprint density at radius 2 is 1.25 bits per heavy atom. The molecule has 0 amide bonds. The molecular formula is C8H6N4. The summed E-state index contributed by atoms with van der Waals surface area (Å²) in [6, 6.07) is 3.64. The highest BCUT2D eigenvalue weighted by molar-refractivity contribution is 5.36. The highest BCUT2D eigenvalue weighted by Crippen LogP contribution is 2.05. The third-order valence-corrected chi connectivity index (χ3v) is 1.52. The Morgan fingerprint density at radius 3 is 1.50 bits per heavy atom. The third-order valence-electron chi connectivity index (χ3n) is 1.52. The SMILES string of the molecule is Cc1nc(C#N)c(C#N)nc1C. The number of hydrogen-bond donors (Lipinski definition) is 0. The van der Waals surface area contributed by atoms with Crippen LogP contribution in [0.2, 0.25) is 0 Å². The first-order chi connectivity index (χ1) is 5.69. The molecule has 0 aliphatic heterocycles. The van der Waals surface area contributed by atoms with Crippen molar-refractivity contribution in [1.82, 2.24) is 9.97 Å². The number of nitrogens with zero attached hydrogens (tertiary/aromatic N) is 4. The molecule has 4 heteroatoms. The Balaban J connectivity index is 3.44. The van der Waals surface area contributed by atoms with Crippen LogP contribution in [-0.2, 0) is 0 Å². The fourth-order valence-electron chi connectivity index (χ4n) is 0.759. The van der Waals surface area contributed by atoms with Gasteiger partial charge in [-0.3, -0.25) is 0 Å². The van der Waals surface area contributed by atoms with Crippen molar-refractivity contribution < 1.29 is 0 Å². The van der Waals surface area contributed by atoms with Gasteiger partial charge in [-0.2, -0.15) is 10.5 Å². The van der Waals surface area contributed by atoms with Crippen LogP contribution in [0.25, 0.3) is 0 Å². The lowest BCUT2D eigenvalue weighted by Gasteiger charge is -1.98. The molecule has 1 heterocycles. The van der Waals surface area contributed by atoms with Crippen molar-refractivity contribution in [2.45, 2.75) is 13.8 Å². The van der Waals surface area contributed by atoms with E-state index in [1.807, 2.05) is 12.1 Å². The Kier molecular flexibility index (Phi) is 2.02. The minimum absolute atomic E-state index is 0.0978. The van der Waals surface area contributed by atoms with Crippen molar-refractivity contribution in [1.29, 1.82) is 10.5 Å². The maximum Gasteiger partial charge on any atom is 0.177 e. The van der Waals surface area contributed by atoms with Crippen molar-refractivity contribution in [3.63, 3.8) is 0 Å². The molecule has 0 saturated carbocycles. The topological polar surface area (TPSA) is 73.4 Å². The largest absolute Gasteiger partial charge is 0.238 e. The lowest BCUT2D eigenvalue weighted by atomic mass is 10.3. The van der Waals surface area contributed by atoms with Crippen molar-refractivity contribution in [2.75, 3.05) is 0 Å². The molecule has 1 aromatic rings. The number of aryl methyl sites for hydroxylation is 2. The van der Waals surface area contributed by atoms with Gasteiger partial charge < -0.3 is 0 Å². The van der Waals surface area contributed by atoms with Crippen molar-refractivity contribution in [3.05, 3.63) is 22.8 Å². The Labute approximate surface area is 70.1 Å². The predicted octanol–water partition coefficient (Wildman–Crippen LogP) is 0.837. The number of aromatic nitrogens is 2. The van der Waals surface area contributed by atoms with Gasteiger partial charge in [0, 0.05) is 0 Å². The maximum absolute atomic E-state index is 8.56. The first-order valence-corrected chi connectivity index (χ1v) is 3.34. The Morgan fingerprint density at radius 1 is 0.917 bits per heavy atom. The van der Waals surface area contributed by atoms with E-state index in [0.717, 1.165) is 0 Å². The minimum Gasteiger partial charge on any atom is -0.238 e. The zero-order valence-electron chi connectivity index (χ0n) is 6.79. The standard InChI is InChI=1S/C8H6N4/c1-5-6(2)12-8(4-10)7(3-9)11-5/h1-2H3. The maximum atomic E-state index is 8.56. The molecule has 0 aromatic carbocycles. The predicted molar refractivity (Wildman–Crippen MR) is 40.9 cm³/mol. The molecule has 0 bridgehead atoms.